The molecule has 140 valence electrons. The van der Waals surface area contributed by atoms with Crippen LogP contribution in [0.1, 0.15) is 43.5 Å². The summed E-state index contributed by atoms with van der Waals surface area (Å²) in [5.74, 6) is -0.129. The Bertz CT molecular complexity index is 728. The maximum Gasteiger partial charge on any atom is 0.255 e. The molecule has 1 amide bonds. The van der Waals surface area contributed by atoms with Crippen LogP contribution in [0, 0.1) is 0 Å². The number of nitrogens with two attached hydrogens (primary N) is 1. The summed E-state index contributed by atoms with van der Waals surface area (Å²) >= 11 is 0. The van der Waals surface area contributed by atoms with Gasteiger partial charge in [-0.05, 0) is 38.8 Å². The van der Waals surface area contributed by atoms with E-state index in [1.54, 1.807) is 6.92 Å². The van der Waals surface area contributed by atoms with Gasteiger partial charge in [-0.1, -0.05) is 6.92 Å². The summed E-state index contributed by atoms with van der Waals surface area (Å²) in [4.78, 5) is 12.7. The van der Waals surface area contributed by atoms with Crippen molar-refractivity contribution in [1.82, 2.24) is 10.6 Å². The van der Waals surface area contributed by atoms with E-state index in [4.69, 9.17) is 10.5 Å². The van der Waals surface area contributed by atoms with Gasteiger partial charge >= 0.3 is 0 Å². The number of nitrogens with one attached hydrogen (secondary N) is 2. The quantitative estimate of drug-likeness (QED) is 0.626. The third kappa shape index (κ3) is 4.43. The van der Waals surface area contributed by atoms with E-state index in [1.165, 1.54) is 19.2 Å². The second-order valence-electron chi connectivity index (χ2n) is 6.37. The average molecular weight is 369 g/mol. The Hall–Kier alpha value is -1.80. The van der Waals surface area contributed by atoms with Gasteiger partial charge in [0, 0.05) is 18.2 Å². The van der Waals surface area contributed by atoms with Crippen LogP contribution in [0.2, 0.25) is 0 Å². The van der Waals surface area contributed by atoms with Crippen LogP contribution in [0.15, 0.2) is 17.0 Å². The summed E-state index contributed by atoms with van der Waals surface area (Å²) in [5, 5.41) is 6.27. The fraction of sp³-hybridized carbons (Fsp3) is 0.588. The molecule has 1 aromatic carbocycles. The molecule has 2 unspecified atom stereocenters. The Morgan fingerprint density at radius 2 is 2.20 bits per heavy atom. The molecule has 0 radical (unpaired) electrons. The third-order valence-corrected chi connectivity index (χ3v) is 6.41. The first-order chi connectivity index (χ1) is 11.8. The lowest BCUT2D eigenvalue weighted by Crippen LogP contribution is -2.45. The number of nitrogen functional groups attached to an aromatic ring is 1. The Balaban J connectivity index is 2.33. The average Bonchev–Trinajstić information content (AvgIpc) is 3.08. The van der Waals surface area contributed by atoms with Crippen LogP contribution >= 0.6 is 0 Å². The minimum absolute atomic E-state index is 0.0208. The summed E-state index contributed by atoms with van der Waals surface area (Å²) in [6.45, 7) is 4.65. The lowest BCUT2D eigenvalue weighted by molar-refractivity contribution is 0.0930. The summed E-state index contributed by atoms with van der Waals surface area (Å²) < 4.78 is 30.0. The number of hydrogen-bond donors (Lipinski definition) is 3. The first-order valence-electron chi connectivity index (χ1n) is 8.54. The summed E-state index contributed by atoms with van der Waals surface area (Å²) in [6.07, 6.45) is 2.55. The molecule has 1 saturated heterocycles. The van der Waals surface area contributed by atoms with Gasteiger partial charge in [-0.15, -0.1) is 0 Å². The predicted molar refractivity (Wildman–Crippen MR) is 97.7 cm³/mol. The number of ether oxygens (including phenoxy) is 1. The number of sulfone groups is 1. The maximum atomic E-state index is 12.7. The second-order valence-corrected chi connectivity index (χ2v) is 8.45. The lowest BCUT2D eigenvalue weighted by atomic mass is 10.1. The fourth-order valence-corrected chi connectivity index (χ4v) is 4.57. The van der Waals surface area contributed by atoms with Gasteiger partial charge in [-0.2, -0.15) is 0 Å². The highest BCUT2D eigenvalue weighted by Crippen LogP contribution is 2.29. The summed E-state index contributed by atoms with van der Waals surface area (Å²) in [5.41, 5.74) is 6.15. The first-order valence-corrected chi connectivity index (χ1v) is 10.2. The van der Waals surface area contributed by atoms with E-state index in [-0.39, 0.29) is 45.6 Å². The lowest BCUT2D eigenvalue weighted by Gasteiger charge is -2.22. The first kappa shape index (κ1) is 19.5. The van der Waals surface area contributed by atoms with Crippen LogP contribution in [0.5, 0.6) is 5.75 Å². The molecular weight excluding hydrogens is 342 g/mol. The van der Waals surface area contributed by atoms with Crippen molar-refractivity contribution in [3.63, 3.8) is 0 Å². The molecule has 1 aromatic rings. The number of hydrogen-bond acceptors (Lipinski definition) is 6. The number of anilines is 1. The molecule has 1 aliphatic rings. The van der Waals surface area contributed by atoms with Crippen molar-refractivity contribution in [2.24, 2.45) is 0 Å². The molecule has 0 spiro atoms. The molecule has 1 aliphatic heterocycles. The van der Waals surface area contributed by atoms with Crippen molar-refractivity contribution < 1.29 is 17.9 Å². The van der Waals surface area contributed by atoms with Crippen molar-refractivity contribution in [3.05, 3.63) is 17.7 Å². The van der Waals surface area contributed by atoms with E-state index in [0.717, 1.165) is 19.4 Å². The van der Waals surface area contributed by atoms with Crippen molar-refractivity contribution in [1.29, 1.82) is 0 Å². The fourth-order valence-electron chi connectivity index (χ4n) is 3.09. The minimum atomic E-state index is -3.54. The SMILES string of the molecule is CCCS(=O)(=O)c1cc(C(=O)NC(C)C2CCCN2)c(OC)cc1N. The molecule has 2 rings (SSSR count). The highest BCUT2D eigenvalue weighted by Gasteiger charge is 2.26. The van der Waals surface area contributed by atoms with Crippen molar-refractivity contribution in [3.8, 4) is 5.75 Å². The largest absolute Gasteiger partial charge is 0.496 e. The normalized spacial score (nSPS) is 18.8. The van der Waals surface area contributed by atoms with Crippen LogP contribution in [-0.4, -0.2) is 45.8 Å². The molecule has 0 aliphatic carbocycles. The van der Waals surface area contributed by atoms with E-state index in [0.29, 0.717) is 6.42 Å². The zero-order valence-corrected chi connectivity index (χ0v) is 15.8. The molecule has 0 bridgehead atoms. The van der Waals surface area contributed by atoms with Gasteiger partial charge in [-0.25, -0.2) is 8.42 Å². The zero-order chi connectivity index (χ0) is 18.6. The molecule has 1 fully saturated rings. The van der Waals surface area contributed by atoms with Crippen molar-refractivity contribution in [2.75, 3.05) is 25.1 Å². The molecular formula is C17H27N3O4S. The van der Waals surface area contributed by atoms with Gasteiger partial charge in [-0.3, -0.25) is 4.79 Å². The monoisotopic (exact) mass is 369 g/mol. The molecule has 0 aromatic heterocycles. The molecule has 0 saturated carbocycles. The minimum Gasteiger partial charge on any atom is -0.496 e. The van der Waals surface area contributed by atoms with E-state index in [9.17, 15) is 13.2 Å². The summed E-state index contributed by atoms with van der Waals surface area (Å²) in [7, 11) is -2.11. The van der Waals surface area contributed by atoms with Gasteiger partial charge in [0.15, 0.2) is 9.84 Å². The van der Waals surface area contributed by atoms with Gasteiger partial charge in [0.25, 0.3) is 5.91 Å². The number of rotatable bonds is 7. The Kier molecular flexibility index (Phi) is 6.29. The third-order valence-electron chi connectivity index (χ3n) is 4.45. The number of carbonyl (C=O) groups is 1. The Labute approximate surface area is 149 Å². The second kappa shape index (κ2) is 8.05. The molecule has 8 heteroatoms. The topological polar surface area (TPSA) is 111 Å². The van der Waals surface area contributed by atoms with Crippen LogP contribution in [-0.2, 0) is 9.84 Å². The Morgan fingerprint density at radius 1 is 1.48 bits per heavy atom. The number of carbonyl (C=O) groups excluding carboxylic acids is 1. The number of amides is 1. The van der Waals surface area contributed by atoms with Crippen LogP contribution in [0.25, 0.3) is 0 Å². The molecule has 25 heavy (non-hydrogen) atoms. The smallest absolute Gasteiger partial charge is 0.255 e. The van der Waals surface area contributed by atoms with Gasteiger partial charge < -0.3 is 21.1 Å². The molecule has 2 atom stereocenters. The van der Waals surface area contributed by atoms with E-state index < -0.39 is 9.84 Å². The Morgan fingerprint density at radius 3 is 2.76 bits per heavy atom. The van der Waals surface area contributed by atoms with Crippen LogP contribution in [0.4, 0.5) is 5.69 Å². The van der Waals surface area contributed by atoms with Crippen LogP contribution < -0.4 is 21.1 Å². The van der Waals surface area contributed by atoms with E-state index in [1.807, 2.05) is 6.92 Å². The van der Waals surface area contributed by atoms with Crippen molar-refractivity contribution in [2.45, 2.75) is 50.1 Å². The number of methoxy groups -OCH3 is 1. The predicted octanol–water partition coefficient (Wildman–Crippen LogP) is 1.33. The van der Waals surface area contributed by atoms with E-state index >= 15 is 0 Å². The highest BCUT2D eigenvalue weighted by atomic mass is 32.2. The van der Waals surface area contributed by atoms with Crippen LogP contribution in [0.3, 0.4) is 0 Å². The summed E-state index contributed by atoms with van der Waals surface area (Å²) in [6, 6.07) is 2.86. The van der Waals surface area contributed by atoms with Gasteiger partial charge in [0.05, 0.1) is 29.0 Å². The van der Waals surface area contributed by atoms with Crippen molar-refractivity contribution >= 4 is 21.4 Å². The highest BCUT2D eigenvalue weighted by molar-refractivity contribution is 7.91. The zero-order valence-electron chi connectivity index (χ0n) is 15.0. The molecule has 7 nitrogen and oxygen atoms in total. The van der Waals surface area contributed by atoms with E-state index in [2.05, 4.69) is 10.6 Å². The standard InChI is InChI=1S/C17H27N3O4S/c1-4-8-25(22,23)16-9-12(15(24-3)10-13(16)18)17(21)20-11(2)14-6-5-7-19-14/h9-11,14,19H,4-8,18H2,1-3H3,(H,20,21). The van der Waals surface area contributed by atoms with Gasteiger partial charge in [0.2, 0.25) is 0 Å². The molecule has 4 N–H and O–H groups in total. The maximum absolute atomic E-state index is 12.7. The van der Waals surface area contributed by atoms with Gasteiger partial charge in [0.1, 0.15) is 5.75 Å². The molecule has 1 heterocycles. The number of benzene rings is 1.